The lowest BCUT2D eigenvalue weighted by Gasteiger charge is -2.08. The minimum atomic E-state index is 0.0538. The summed E-state index contributed by atoms with van der Waals surface area (Å²) in [6.45, 7) is 0. The van der Waals surface area contributed by atoms with Crippen LogP contribution in [0.3, 0.4) is 0 Å². The highest BCUT2D eigenvalue weighted by atomic mass is 16.3. The van der Waals surface area contributed by atoms with E-state index in [1.807, 2.05) is 0 Å². The summed E-state index contributed by atoms with van der Waals surface area (Å²) in [5.74, 6) is 0.471. The summed E-state index contributed by atoms with van der Waals surface area (Å²) in [4.78, 5) is 12.3. The molecule has 1 aliphatic rings. The largest absolute Gasteiger partial charge is 0.508 e. The molecule has 1 aliphatic carbocycles. The molecule has 3 rings (SSSR count). The summed E-state index contributed by atoms with van der Waals surface area (Å²) in [5, 5.41) is 9.90. The number of rotatable bonds is 1. The van der Waals surface area contributed by atoms with Crippen LogP contribution in [-0.2, 0) is 0 Å². The predicted molar refractivity (Wildman–Crippen MR) is 65.4 cm³/mol. The van der Waals surface area contributed by atoms with Crippen molar-refractivity contribution in [3.63, 3.8) is 0 Å². The predicted octanol–water partition coefficient (Wildman–Crippen LogP) is 3.16. The second kappa shape index (κ2) is 3.91. The summed E-state index contributed by atoms with van der Waals surface area (Å²) < 4.78 is 5.46. The lowest BCUT2D eigenvalue weighted by molar-refractivity contribution is 0.473. The lowest BCUT2D eigenvalue weighted by Crippen LogP contribution is -2.11. The minimum absolute atomic E-state index is 0.0538. The van der Waals surface area contributed by atoms with Gasteiger partial charge in [0.25, 0.3) is 0 Å². The number of hydrogen-bond donors (Lipinski definition) is 1. The molecule has 1 saturated carbocycles. The number of phenolic OH excluding ortho intramolecular Hbond substituents is 1. The van der Waals surface area contributed by atoms with Crippen LogP contribution < -0.4 is 5.43 Å². The van der Waals surface area contributed by atoms with Crippen LogP contribution in [0.25, 0.3) is 11.0 Å². The third-order valence-corrected chi connectivity index (χ3v) is 3.58. The van der Waals surface area contributed by atoms with Crippen molar-refractivity contribution in [1.29, 1.82) is 0 Å². The van der Waals surface area contributed by atoms with Gasteiger partial charge in [0.15, 0.2) is 5.43 Å². The molecule has 0 unspecified atom stereocenters. The van der Waals surface area contributed by atoms with Gasteiger partial charge in [0, 0.05) is 11.6 Å². The average molecular weight is 230 g/mol. The molecule has 0 amide bonds. The van der Waals surface area contributed by atoms with Gasteiger partial charge in [-0.15, -0.1) is 0 Å². The summed E-state index contributed by atoms with van der Waals surface area (Å²) >= 11 is 0. The maximum Gasteiger partial charge on any atom is 0.196 e. The standard InChI is InChI=1S/C14H14O3/c15-10-5-6-11-13(7-10)17-8-12(14(11)16)9-3-1-2-4-9/h5-9,15H,1-4H2. The summed E-state index contributed by atoms with van der Waals surface area (Å²) in [5.41, 5.74) is 1.30. The third-order valence-electron chi connectivity index (χ3n) is 3.58. The molecule has 0 bridgehead atoms. The molecule has 1 heterocycles. The van der Waals surface area contributed by atoms with E-state index < -0.39 is 0 Å². The Bertz CT molecular complexity index is 606. The Balaban J connectivity index is 2.18. The number of hydrogen-bond acceptors (Lipinski definition) is 3. The topological polar surface area (TPSA) is 50.4 Å². The molecule has 88 valence electrons. The summed E-state index contributed by atoms with van der Waals surface area (Å²) in [6, 6.07) is 4.64. The molecular formula is C14H14O3. The molecule has 2 aromatic rings. The van der Waals surface area contributed by atoms with Gasteiger partial charge < -0.3 is 9.52 Å². The molecule has 1 fully saturated rings. The van der Waals surface area contributed by atoms with Crippen LogP contribution >= 0.6 is 0 Å². The zero-order chi connectivity index (χ0) is 11.8. The highest BCUT2D eigenvalue weighted by Gasteiger charge is 2.21. The molecule has 0 radical (unpaired) electrons. The zero-order valence-corrected chi connectivity index (χ0v) is 9.48. The van der Waals surface area contributed by atoms with Crippen molar-refractivity contribution in [2.24, 2.45) is 0 Å². The number of fused-ring (bicyclic) bond motifs is 1. The van der Waals surface area contributed by atoms with Crippen LogP contribution in [0.5, 0.6) is 5.75 Å². The van der Waals surface area contributed by atoms with Crippen molar-refractivity contribution in [3.05, 3.63) is 40.2 Å². The Morgan fingerprint density at radius 1 is 1.24 bits per heavy atom. The van der Waals surface area contributed by atoms with E-state index in [0.717, 1.165) is 18.4 Å². The highest BCUT2D eigenvalue weighted by molar-refractivity contribution is 5.78. The van der Waals surface area contributed by atoms with Crippen molar-refractivity contribution < 1.29 is 9.52 Å². The highest BCUT2D eigenvalue weighted by Crippen LogP contribution is 2.33. The molecule has 0 aliphatic heterocycles. The Labute approximate surface area is 98.7 Å². The quantitative estimate of drug-likeness (QED) is 0.818. The van der Waals surface area contributed by atoms with Crippen molar-refractivity contribution in [2.75, 3.05) is 0 Å². The summed E-state index contributed by atoms with van der Waals surface area (Å²) in [7, 11) is 0. The van der Waals surface area contributed by atoms with E-state index in [1.165, 1.54) is 25.0 Å². The van der Waals surface area contributed by atoms with Gasteiger partial charge >= 0.3 is 0 Å². The first-order valence-corrected chi connectivity index (χ1v) is 6.00. The van der Waals surface area contributed by atoms with E-state index in [4.69, 9.17) is 4.42 Å². The molecule has 3 nitrogen and oxygen atoms in total. The van der Waals surface area contributed by atoms with Crippen LogP contribution in [0.1, 0.15) is 37.2 Å². The fourth-order valence-electron chi connectivity index (χ4n) is 2.65. The second-order valence-corrected chi connectivity index (χ2v) is 4.68. The van der Waals surface area contributed by atoms with Gasteiger partial charge in [-0.3, -0.25) is 4.79 Å². The van der Waals surface area contributed by atoms with Gasteiger partial charge in [0.1, 0.15) is 11.3 Å². The summed E-state index contributed by atoms with van der Waals surface area (Å²) in [6.07, 6.45) is 6.11. The van der Waals surface area contributed by atoms with Crippen molar-refractivity contribution in [3.8, 4) is 5.75 Å². The average Bonchev–Trinajstić information content (AvgIpc) is 2.82. The van der Waals surface area contributed by atoms with Crippen LogP contribution in [0, 0.1) is 0 Å². The van der Waals surface area contributed by atoms with Gasteiger partial charge in [-0.1, -0.05) is 12.8 Å². The molecule has 17 heavy (non-hydrogen) atoms. The third kappa shape index (κ3) is 1.71. The van der Waals surface area contributed by atoms with Gasteiger partial charge in [-0.2, -0.15) is 0 Å². The fraction of sp³-hybridized carbons (Fsp3) is 0.357. The fourth-order valence-corrected chi connectivity index (χ4v) is 2.65. The van der Waals surface area contributed by atoms with Crippen LogP contribution in [0.4, 0.5) is 0 Å². The Hall–Kier alpha value is -1.77. The molecule has 1 N–H and O–H groups in total. The van der Waals surface area contributed by atoms with E-state index in [0.29, 0.717) is 16.9 Å². The first-order valence-electron chi connectivity index (χ1n) is 6.00. The van der Waals surface area contributed by atoms with Gasteiger partial charge in [0.2, 0.25) is 0 Å². The monoisotopic (exact) mass is 230 g/mol. The number of benzene rings is 1. The van der Waals surface area contributed by atoms with E-state index >= 15 is 0 Å². The van der Waals surface area contributed by atoms with Crippen LogP contribution in [0.15, 0.2) is 33.7 Å². The second-order valence-electron chi connectivity index (χ2n) is 4.68. The smallest absolute Gasteiger partial charge is 0.196 e. The van der Waals surface area contributed by atoms with Gasteiger partial charge in [0.05, 0.1) is 11.6 Å². The molecule has 3 heteroatoms. The van der Waals surface area contributed by atoms with Crippen LogP contribution in [-0.4, -0.2) is 5.11 Å². The molecule has 1 aromatic carbocycles. The maximum atomic E-state index is 12.3. The first kappa shape index (κ1) is 10.4. The normalized spacial score (nSPS) is 16.7. The number of phenols is 1. The Morgan fingerprint density at radius 3 is 2.76 bits per heavy atom. The van der Waals surface area contributed by atoms with Crippen LogP contribution in [0.2, 0.25) is 0 Å². The Kier molecular flexibility index (Phi) is 2.39. The van der Waals surface area contributed by atoms with E-state index in [2.05, 4.69) is 0 Å². The van der Waals surface area contributed by atoms with Crippen molar-refractivity contribution in [2.45, 2.75) is 31.6 Å². The van der Waals surface area contributed by atoms with E-state index in [9.17, 15) is 9.90 Å². The molecule has 0 atom stereocenters. The number of aromatic hydroxyl groups is 1. The molecule has 1 aromatic heterocycles. The molecule has 0 spiro atoms. The lowest BCUT2D eigenvalue weighted by atomic mass is 9.98. The van der Waals surface area contributed by atoms with E-state index in [-0.39, 0.29) is 11.2 Å². The van der Waals surface area contributed by atoms with Gasteiger partial charge in [-0.25, -0.2) is 0 Å². The van der Waals surface area contributed by atoms with E-state index in [1.54, 1.807) is 12.3 Å². The maximum absolute atomic E-state index is 12.3. The Morgan fingerprint density at radius 2 is 2.00 bits per heavy atom. The van der Waals surface area contributed by atoms with Crippen molar-refractivity contribution in [1.82, 2.24) is 0 Å². The van der Waals surface area contributed by atoms with Crippen molar-refractivity contribution >= 4 is 11.0 Å². The SMILES string of the molecule is O=c1c(C2CCCC2)coc2cc(O)ccc12. The zero-order valence-electron chi connectivity index (χ0n) is 9.48. The molecule has 0 saturated heterocycles. The first-order chi connectivity index (χ1) is 8.25. The minimum Gasteiger partial charge on any atom is -0.508 e. The molecular weight excluding hydrogens is 216 g/mol. The van der Waals surface area contributed by atoms with Gasteiger partial charge in [-0.05, 0) is 30.9 Å².